The van der Waals surface area contributed by atoms with Crippen LogP contribution in [0.1, 0.15) is 43.0 Å². The van der Waals surface area contributed by atoms with Crippen LogP contribution in [-0.4, -0.2) is 25.3 Å². The Balaban J connectivity index is 1.66. The van der Waals surface area contributed by atoms with Gasteiger partial charge in [-0.1, -0.05) is 43.3 Å². The van der Waals surface area contributed by atoms with Crippen molar-refractivity contribution >= 4 is 21.6 Å². The highest BCUT2D eigenvalue weighted by atomic mass is 32.2. The summed E-state index contributed by atoms with van der Waals surface area (Å²) in [4.78, 5) is 14.8. The Labute approximate surface area is 199 Å². The van der Waals surface area contributed by atoms with Gasteiger partial charge in [-0.2, -0.15) is 0 Å². The Morgan fingerprint density at radius 3 is 2.53 bits per heavy atom. The first-order valence-electron chi connectivity index (χ1n) is 11.1. The molecular formula is C26H27FN2O4S. The van der Waals surface area contributed by atoms with E-state index in [0.717, 1.165) is 11.6 Å². The number of rotatable bonds is 6. The second-order valence-corrected chi connectivity index (χ2v) is 10.1. The molecule has 0 saturated heterocycles. The van der Waals surface area contributed by atoms with E-state index in [1.54, 1.807) is 36.9 Å². The van der Waals surface area contributed by atoms with Crippen LogP contribution in [0.2, 0.25) is 0 Å². The Morgan fingerprint density at radius 1 is 1.12 bits per heavy atom. The van der Waals surface area contributed by atoms with Crippen LogP contribution >= 0.6 is 0 Å². The molecule has 0 aliphatic carbocycles. The van der Waals surface area contributed by atoms with Gasteiger partial charge in [0.15, 0.2) is 6.10 Å². The Hall–Kier alpha value is -3.39. The largest absolute Gasteiger partial charge is 0.481 e. The zero-order valence-electron chi connectivity index (χ0n) is 19.3. The van der Waals surface area contributed by atoms with Crippen LogP contribution in [0.15, 0.2) is 71.6 Å². The van der Waals surface area contributed by atoms with Crippen molar-refractivity contribution in [2.75, 3.05) is 4.72 Å². The number of nitrogens with zero attached hydrogens (tertiary/aromatic N) is 1. The SMILES string of the molecule is CC[C@@H](c1ccccc1)N1Cc2cc(NS(=O)(=O)c3ccc(C)c(F)c3)ccc2O[C@@H](C)C1=O. The average molecular weight is 483 g/mol. The molecule has 0 unspecified atom stereocenters. The highest BCUT2D eigenvalue weighted by Crippen LogP contribution is 2.34. The van der Waals surface area contributed by atoms with E-state index in [1.807, 2.05) is 37.3 Å². The number of aryl methyl sites for hydroxylation is 1. The van der Waals surface area contributed by atoms with Crippen LogP contribution in [0.25, 0.3) is 0 Å². The molecule has 3 aromatic carbocycles. The fourth-order valence-corrected chi connectivity index (χ4v) is 5.21. The summed E-state index contributed by atoms with van der Waals surface area (Å²) in [5.74, 6) is -0.201. The molecule has 34 heavy (non-hydrogen) atoms. The summed E-state index contributed by atoms with van der Waals surface area (Å²) in [5.41, 5.74) is 2.37. The molecule has 0 aromatic heterocycles. The van der Waals surface area contributed by atoms with Crippen molar-refractivity contribution in [1.82, 2.24) is 4.90 Å². The lowest BCUT2D eigenvalue weighted by atomic mass is 10.0. The highest BCUT2D eigenvalue weighted by molar-refractivity contribution is 7.92. The maximum absolute atomic E-state index is 13.9. The number of benzene rings is 3. The molecule has 1 aliphatic rings. The molecule has 4 rings (SSSR count). The van der Waals surface area contributed by atoms with Gasteiger partial charge in [0.05, 0.1) is 17.5 Å². The van der Waals surface area contributed by atoms with Crippen molar-refractivity contribution < 1.29 is 22.3 Å². The molecule has 178 valence electrons. The number of fused-ring (bicyclic) bond motifs is 1. The number of nitrogens with one attached hydrogen (secondary N) is 1. The summed E-state index contributed by atoms with van der Waals surface area (Å²) in [6.07, 6.45) is 0.0282. The van der Waals surface area contributed by atoms with Gasteiger partial charge in [-0.25, -0.2) is 12.8 Å². The lowest BCUT2D eigenvalue weighted by Crippen LogP contribution is -2.40. The van der Waals surface area contributed by atoms with Crippen LogP contribution in [0.3, 0.4) is 0 Å². The molecule has 1 N–H and O–H groups in total. The molecule has 0 fully saturated rings. The molecule has 0 spiro atoms. The minimum Gasteiger partial charge on any atom is -0.481 e. The number of sulfonamides is 1. The Bertz CT molecular complexity index is 1310. The topological polar surface area (TPSA) is 75.7 Å². The molecular weight excluding hydrogens is 455 g/mol. The third kappa shape index (κ3) is 4.77. The van der Waals surface area contributed by atoms with E-state index < -0.39 is 21.9 Å². The number of hydrogen-bond acceptors (Lipinski definition) is 4. The van der Waals surface area contributed by atoms with Crippen molar-refractivity contribution in [3.63, 3.8) is 0 Å². The summed E-state index contributed by atoms with van der Waals surface area (Å²) in [6, 6.07) is 18.3. The number of halogens is 1. The summed E-state index contributed by atoms with van der Waals surface area (Å²) in [6.45, 7) is 5.57. The average Bonchev–Trinajstić information content (AvgIpc) is 2.93. The lowest BCUT2D eigenvalue weighted by Gasteiger charge is -2.31. The van der Waals surface area contributed by atoms with Crippen LogP contribution in [-0.2, 0) is 21.4 Å². The molecule has 1 amide bonds. The second-order valence-electron chi connectivity index (χ2n) is 8.40. The summed E-state index contributed by atoms with van der Waals surface area (Å²) in [5, 5.41) is 0. The number of ether oxygens (including phenoxy) is 1. The molecule has 0 saturated carbocycles. The van der Waals surface area contributed by atoms with Gasteiger partial charge in [0.2, 0.25) is 0 Å². The minimum absolute atomic E-state index is 0.135. The number of carbonyl (C=O) groups is 1. The normalized spacial score (nSPS) is 16.9. The zero-order valence-corrected chi connectivity index (χ0v) is 20.1. The molecule has 0 bridgehead atoms. The third-order valence-corrected chi connectivity index (χ3v) is 7.37. The van der Waals surface area contributed by atoms with Crippen molar-refractivity contribution in [2.45, 2.75) is 50.8 Å². The standard InChI is InChI=1S/C26H27FN2O4S/c1-4-24(19-8-6-5-7-9-19)29-16-20-14-21(11-13-25(20)33-18(3)26(29)30)28-34(31,32)22-12-10-17(2)23(27)15-22/h5-15,18,24,28H,4,16H2,1-3H3/t18-,24-/m0/s1. The maximum Gasteiger partial charge on any atom is 0.264 e. The molecule has 1 aliphatic heterocycles. The predicted molar refractivity (Wildman–Crippen MR) is 129 cm³/mol. The van der Waals surface area contributed by atoms with Crippen molar-refractivity contribution in [3.8, 4) is 5.75 Å². The van der Waals surface area contributed by atoms with Crippen molar-refractivity contribution in [2.24, 2.45) is 0 Å². The van der Waals surface area contributed by atoms with Gasteiger partial charge in [0.25, 0.3) is 15.9 Å². The van der Waals surface area contributed by atoms with Crippen LogP contribution in [0.5, 0.6) is 5.75 Å². The smallest absolute Gasteiger partial charge is 0.264 e. The van der Waals surface area contributed by atoms with E-state index in [4.69, 9.17) is 4.74 Å². The third-order valence-electron chi connectivity index (χ3n) is 5.99. The van der Waals surface area contributed by atoms with E-state index >= 15 is 0 Å². The quantitative estimate of drug-likeness (QED) is 0.524. The number of hydrogen-bond donors (Lipinski definition) is 1. The second kappa shape index (κ2) is 9.46. The van der Waals surface area contributed by atoms with Crippen LogP contribution < -0.4 is 9.46 Å². The predicted octanol–water partition coefficient (Wildman–Crippen LogP) is 5.20. The summed E-state index contributed by atoms with van der Waals surface area (Å²) < 4.78 is 48.0. The number of anilines is 1. The van der Waals surface area contributed by atoms with Gasteiger partial charge in [0.1, 0.15) is 11.6 Å². The first-order chi connectivity index (χ1) is 16.2. The van der Waals surface area contributed by atoms with Gasteiger partial charge in [0, 0.05) is 11.3 Å². The van der Waals surface area contributed by atoms with Crippen LogP contribution in [0, 0.1) is 12.7 Å². The van der Waals surface area contributed by atoms with Gasteiger partial charge in [-0.3, -0.25) is 9.52 Å². The number of amides is 1. The van der Waals surface area contributed by atoms with Gasteiger partial charge >= 0.3 is 0 Å². The van der Waals surface area contributed by atoms with E-state index in [0.29, 0.717) is 29.0 Å². The summed E-state index contributed by atoms with van der Waals surface area (Å²) in [7, 11) is -4.00. The number of carbonyl (C=O) groups excluding carboxylic acids is 1. The molecule has 6 nitrogen and oxygen atoms in total. The molecule has 1 heterocycles. The molecule has 8 heteroatoms. The Morgan fingerprint density at radius 2 is 1.85 bits per heavy atom. The molecule has 3 aromatic rings. The van der Waals surface area contributed by atoms with Crippen molar-refractivity contribution in [1.29, 1.82) is 0 Å². The van der Waals surface area contributed by atoms with Crippen molar-refractivity contribution in [3.05, 3.63) is 89.2 Å². The highest BCUT2D eigenvalue weighted by Gasteiger charge is 2.33. The van der Waals surface area contributed by atoms with Gasteiger partial charge < -0.3 is 9.64 Å². The minimum atomic E-state index is -4.00. The van der Waals surface area contributed by atoms with Gasteiger partial charge in [-0.15, -0.1) is 0 Å². The van der Waals surface area contributed by atoms with E-state index in [9.17, 15) is 17.6 Å². The van der Waals surface area contributed by atoms with E-state index in [-0.39, 0.29) is 23.4 Å². The molecule has 2 atom stereocenters. The summed E-state index contributed by atoms with van der Waals surface area (Å²) >= 11 is 0. The first-order valence-corrected chi connectivity index (χ1v) is 12.6. The fourth-order valence-electron chi connectivity index (χ4n) is 4.15. The maximum atomic E-state index is 13.9. The fraction of sp³-hybridized carbons (Fsp3) is 0.269. The van der Waals surface area contributed by atoms with E-state index in [2.05, 4.69) is 4.72 Å². The molecule has 0 radical (unpaired) electrons. The first kappa shape index (κ1) is 23.8. The van der Waals surface area contributed by atoms with E-state index in [1.165, 1.54) is 12.1 Å². The Kier molecular flexibility index (Phi) is 6.61. The van der Waals surface area contributed by atoms with Crippen LogP contribution in [0.4, 0.5) is 10.1 Å². The van der Waals surface area contributed by atoms with Gasteiger partial charge in [-0.05, 0) is 61.7 Å². The lowest BCUT2D eigenvalue weighted by molar-refractivity contribution is -0.140. The zero-order chi connectivity index (χ0) is 24.5. The monoisotopic (exact) mass is 482 g/mol.